The number of hydrogen-bond donors (Lipinski definition) is 2. The SMILES string of the molecule is CC#CC(CC(=O)CO)C(/C=C\COCc1ccc(CNCC2=C(CC)CC=C(OC)C=C2)cc1)=C/C. The summed E-state index contributed by atoms with van der Waals surface area (Å²) in [6.07, 6.45) is 14.3. The number of ether oxygens (including phenoxy) is 2. The number of Topliss-reactive ketones (excluding diaryl/α,β-unsaturated/α-hetero) is 1. The molecule has 0 aliphatic heterocycles. The fourth-order valence-corrected chi connectivity index (χ4v) is 4.09. The first-order valence-corrected chi connectivity index (χ1v) is 12.9. The van der Waals surface area contributed by atoms with Crippen LogP contribution < -0.4 is 5.32 Å². The number of ketones is 1. The highest BCUT2D eigenvalue weighted by atomic mass is 16.5. The van der Waals surface area contributed by atoms with E-state index in [1.807, 2.05) is 31.2 Å². The molecule has 1 aliphatic carbocycles. The first-order valence-electron chi connectivity index (χ1n) is 12.9. The minimum absolute atomic E-state index is 0.211. The van der Waals surface area contributed by atoms with Crippen LogP contribution in [0.5, 0.6) is 0 Å². The van der Waals surface area contributed by atoms with Gasteiger partial charge in [-0.25, -0.2) is 0 Å². The number of hydrogen-bond acceptors (Lipinski definition) is 5. The van der Waals surface area contributed by atoms with Crippen molar-refractivity contribution in [2.45, 2.75) is 53.2 Å². The van der Waals surface area contributed by atoms with Crippen LogP contribution >= 0.6 is 0 Å². The summed E-state index contributed by atoms with van der Waals surface area (Å²) in [5, 5.41) is 12.6. The molecule has 5 heteroatoms. The van der Waals surface area contributed by atoms with Crippen LogP contribution in [0.2, 0.25) is 0 Å². The molecule has 1 aliphatic rings. The van der Waals surface area contributed by atoms with Crippen molar-refractivity contribution in [1.29, 1.82) is 0 Å². The van der Waals surface area contributed by atoms with E-state index in [2.05, 4.69) is 60.5 Å². The van der Waals surface area contributed by atoms with Crippen molar-refractivity contribution in [3.05, 3.63) is 94.3 Å². The zero-order valence-corrected chi connectivity index (χ0v) is 22.7. The van der Waals surface area contributed by atoms with Crippen molar-refractivity contribution in [3.63, 3.8) is 0 Å². The van der Waals surface area contributed by atoms with E-state index < -0.39 is 6.61 Å². The summed E-state index contributed by atoms with van der Waals surface area (Å²) in [4.78, 5) is 11.7. The van der Waals surface area contributed by atoms with Gasteiger partial charge in [-0.05, 0) is 61.1 Å². The first kappa shape index (κ1) is 30.1. The molecule has 0 saturated heterocycles. The second-order valence-electron chi connectivity index (χ2n) is 8.80. The quantitative estimate of drug-likeness (QED) is 0.186. The Hall–Kier alpha value is -3.17. The van der Waals surface area contributed by atoms with Gasteiger partial charge in [-0.1, -0.05) is 67.0 Å². The maximum absolute atomic E-state index is 11.7. The second-order valence-corrected chi connectivity index (χ2v) is 8.80. The van der Waals surface area contributed by atoms with Crippen LogP contribution in [-0.2, 0) is 27.4 Å². The fourth-order valence-electron chi connectivity index (χ4n) is 4.09. The minimum atomic E-state index is -0.455. The predicted molar refractivity (Wildman–Crippen MR) is 151 cm³/mol. The predicted octanol–water partition coefficient (Wildman–Crippen LogP) is 5.58. The van der Waals surface area contributed by atoms with Crippen LogP contribution in [0, 0.1) is 17.8 Å². The summed E-state index contributed by atoms with van der Waals surface area (Å²) >= 11 is 0. The van der Waals surface area contributed by atoms with Gasteiger partial charge in [0.15, 0.2) is 5.78 Å². The van der Waals surface area contributed by atoms with Crippen molar-refractivity contribution in [3.8, 4) is 11.8 Å². The Labute approximate surface area is 222 Å². The van der Waals surface area contributed by atoms with Crippen molar-refractivity contribution in [1.82, 2.24) is 5.32 Å². The van der Waals surface area contributed by atoms with Crippen LogP contribution in [-0.4, -0.2) is 37.8 Å². The average Bonchev–Trinajstić information content (AvgIpc) is 3.13. The highest BCUT2D eigenvalue weighted by Crippen LogP contribution is 2.21. The van der Waals surface area contributed by atoms with Gasteiger partial charge in [-0.2, -0.15) is 0 Å². The third-order valence-corrected chi connectivity index (χ3v) is 6.24. The van der Waals surface area contributed by atoms with Gasteiger partial charge in [0.1, 0.15) is 12.4 Å². The zero-order valence-electron chi connectivity index (χ0n) is 22.7. The van der Waals surface area contributed by atoms with Crippen molar-refractivity contribution < 1.29 is 19.4 Å². The summed E-state index contributed by atoms with van der Waals surface area (Å²) in [6, 6.07) is 8.47. The molecule has 1 atom stereocenters. The molecule has 0 fully saturated rings. The molecule has 37 heavy (non-hydrogen) atoms. The lowest BCUT2D eigenvalue weighted by Gasteiger charge is -2.11. The molecule has 0 radical (unpaired) electrons. The van der Waals surface area contributed by atoms with Crippen LogP contribution in [0.4, 0.5) is 0 Å². The van der Waals surface area contributed by atoms with Crippen molar-refractivity contribution in [2.75, 3.05) is 26.9 Å². The molecule has 1 unspecified atom stereocenters. The highest BCUT2D eigenvalue weighted by Gasteiger charge is 2.13. The number of aliphatic hydroxyl groups is 1. The van der Waals surface area contributed by atoms with Gasteiger partial charge < -0.3 is 19.9 Å². The Morgan fingerprint density at radius 2 is 1.95 bits per heavy atom. The lowest BCUT2D eigenvalue weighted by molar-refractivity contribution is -0.122. The maximum Gasteiger partial charge on any atom is 0.159 e. The highest BCUT2D eigenvalue weighted by molar-refractivity contribution is 5.80. The molecule has 2 N–H and O–H groups in total. The molecule has 0 bridgehead atoms. The van der Waals surface area contributed by atoms with Gasteiger partial charge in [0, 0.05) is 19.5 Å². The summed E-state index contributed by atoms with van der Waals surface area (Å²) < 4.78 is 11.2. The summed E-state index contributed by atoms with van der Waals surface area (Å²) in [7, 11) is 1.71. The smallest absolute Gasteiger partial charge is 0.159 e. The molecule has 1 aromatic rings. The summed E-state index contributed by atoms with van der Waals surface area (Å²) in [5.74, 6) is 6.42. The summed E-state index contributed by atoms with van der Waals surface area (Å²) in [5.41, 5.74) is 6.07. The van der Waals surface area contributed by atoms with Gasteiger partial charge in [-0.3, -0.25) is 4.79 Å². The number of benzene rings is 1. The Balaban J connectivity index is 1.79. The minimum Gasteiger partial charge on any atom is -0.497 e. The Bertz CT molecular complexity index is 1080. The Morgan fingerprint density at radius 1 is 1.19 bits per heavy atom. The summed E-state index contributed by atoms with van der Waals surface area (Å²) in [6.45, 7) is 8.03. The van der Waals surface area contributed by atoms with E-state index in [-0.39, 0.29) is 18.1 Å². The van der Waals surface area contributed by atoms with E-state index in [1.54, 1.807) is 14.0 Å². The van der Waals surface area contributed by atoms with Crippen molar-refractivity contribution in [2.24, 2.45) is 5.92 Å². The lowest BCUT2D eigenvalue weighted by Crippen LogP contribution is -2.17. The van der Waals surface area contributed by atoms with Crippen LogP contribution in [0.3, 0.4) is 0 Å². The van der Waals surface area contributed by atoms with E-state index in [0.717, 1.165) is 42.8 Å². The number of methoxy groups -OCH3 is 1. The third kappa shape index (κ3) is 10.8. The van der Waals surface area contributed by atoms with Gasteiger partial charge in [0.05, 0.1) is 26.2 Å². The molecule has 0 aromatic heterocycles. The van der Waals surface area contributed by atoms with Gasteiger partial charge >= 0.3 is 0 Å². The molecule has 0 spiro atoms. The molecule has 2 rings (SSSR count). The largest absolute Gasteiger partial charge is 0.497 e. The van der Waals surface area contributed by atoms with E-state index in [9.17, 15) is 4.79 Å². The van der Waals surface area contributed by atoms with Crippen LogP contribution in [0.1, 0.15) is 51.2 Å². The maximum atomic E-state index is 11.7. The van der Waals surface area contributed by atoms with Gasteiger partial charge in [0.2, 0.25) is 0 Å². The Kier molecular flexibility index (Phi) is 14.1. The van der Waals surface area contributed by atoms with E-state index >= 15 is 0 Å². The number of nitrogens with one attached hydrogen (secondary N) is 1. The number of carbonyl (C=O) groups excluding carboxylic acids is 1. The fraction of sp³-hybridized carbons (Fsp3) is 0.406. The molecule has 1 aromatic carbocycles. The molecule has 5 nitrogen and oxygen atoms in total. The van der Waals surface area contributed by atoms with E-state index in [0.29, 0.717) is 13.2 Å². The molecule has 0 amide bonds. The molecular formula is C32H41NO4. The van der Waals surface area contributed by atoms with E-state index in [4.69, 9.17) is 14.6 Å². The topological polar surface area (TPSA) is 67.8 Å². The van der Waals surface area contributed by atoms with Crippen molar-refractivity contribution >= 4 is 5.78 Å². The molecule has 198 valence electrons. The normalized spacial score (nSPS) is 14.7. The zero-order chi connectivity index (χ0) is 26.9. The monoisotopic (exact) mass is 503 g/mol. The standard InChI is InChI=1S/C32H41NO4/c1-5-9-29(20-31(35)23-34)27(6-2)10-8-19-37-24-26-13-11-25(12-14-26)21-33-22-30-16-18-32(36-4)17-15-28(30)7-3/h6,8,10-14,16-18,29,33-34H,7,15,19-24H2,1-4H3/b10-8-,27-6+. The lowest BCUT2D eigenvalue weighted by atomic mass is 9.93. The molecule has 0 heterocycles. The van der Waals surface area contributed by atoms with Gasteiger partial charge in [0.25, 0.3) is 0 Å². The van der Waals surface area contributed by atoms with Crippen LogP contribution in [0.25, 0.3) is 0 Å². The number of allylic oxidation sites excluding steroid dienone is 6. The van der Waals surface area contributed by atoms with Crippen LogP contribution in [0.15, 0.2) is 83.2 Å². The average molecular weight is 504 g/mol. The van der Waals surface area contributed by atoms with E-state index in [1.165, 1.54) is 16.7 Å². The molecule has 0 saturated carbocycles. The first-order chi connectivity index (χ1) is 18.0. The number of aliphatic hydroxyl groups excluding tert-OH is 1. The number of rotatable bonds is 15. The second kappa shape index (κ2) is 17.3. The Morgan fingerprint density at radius 3 is 2.59 bits per heavy atom. The number of carbonyl (C=O) groups is 1. The third-order valence-electron chi connectivity index (χ3n) is 6.24. The van der Waals surface area contributed by atoms with Gasteiger partial charge in [-0.15, -0.1) is 5.92 Å². The molecular weight excluding hydrogens is 462 g/mol.